The molecule has 1 amide bonds. The summed E-state index contributed by atoms with van der Waals surface area (Å²) in [6.45, 7) is 8.40. The highest BCUT2D eigenvalue weighted by atomic mass is 16.5. The number of rotatable bonds is 13. The molecule has 1 atom stereocenters. The van der Waals surface area contributed by atoms with Crippen molar-refractivity contribution >= 4 is 17.4 Å². The summed E-state index contributed by atoms with van der Waals surface area (Å²) in [5, 5.41) is 11.3. The summed E-state index contributed by atoms with van der Waals surface area (Å²) in [4.78, 5) is 30.1. The fraction of sp³-hybridized carbons (Fsp3) is 0.448. The van der Waals surface area contributed by atoms with E-state index in [1.54, 1.807) is 41.3 Å². The minimum absolute atomic E-state index is 0.0590. The van der Waals surface area contributed by atoms with Gasteiger partial charge in [0.2, 0.25) is 0 Å². The third-order valence-corrected chi connectivity index (χ3v) is 6.03. The molecule has 1 heterocycles. The van der Waals surface area contributed by atoms with Crippen LogP contribution in [-0.4, -0.2) is 73.6 Å². The van der Waals surface area contributed by atoms with Gasteiger partial charge < -0.3 is 29.1 Å². The first-order valence-corrected chi connectivity index (χ1v) is 12.9. The van der Waals surface area contributed by atoms with E-state index in [0.29, 0.717) is 61.2 Å². The Bertz CT molecular complexity index is 1110. The van der Waals surface area contributed by atoms with Gasteiger partial charge in [-0.25, -0.2) is 0 Å². The number of carbonyl (C=O) groups is 2. The lowest BCUT2D eigenvalue weighted by Crippen LogP contribution is -2.32. The van der Waals surface area contributed by atoms with Gasteiger partial charge in [0.1, 0.15) is 11.5 Å². The SMILES string of the molecule is CCCOc1ccc(C(O)=C2C(=O)C(=O)N(CCCN(C)C)C2c2ccc(OCC)c(OCC)c2)cc1. The molecular formula is C29H38N2O6. The van der Waals surface area contributed by atoms with Gasteiger partial charge in [-0.3, -0.25) is 9.59 Å². The first kappa shape index (κ1) is 28.1. The maximum atomic E-state index is 13.3. The molecule has 8 nitrogen and oxygen atoms in total. The molecule has 2 aromatic carbocycles. The monoisotopic (exact) mass is 510 g/mol. The van der Waals surface area contributed by atoms with Crippen molar-refractivity contribution in [2.75, 3.05) is 47.0 Å². The van der Waals surface area contributed by atoms with Crippen molar-refractivity contribution in [3.8, 4) is 17.2 Å². The molecule has 0 aliphatic carbocycles. The Morgan fingerprint density at radius 1 is 0.946 bits per heavy atom. The summed E-state index contributed by atoms with van der Waals surface area (Å²) in [6, 6.07) is 11.5. The summed E-state index contributed by atoms with van der Waals surface area (Å²) < 4.78 is 17.1. The third kappa shape index (κ3) is 6.63. The van der Waals surface area contributed by atoms with E-state index in [4.69, 9.17) is 14.2 Å². The second-order valence-corrected chi connectivity index (χ2v) is 9.09. The van der Waals surface area contributed by atoms with Crippen molar-refractivity contribution in [1.29, 1.82) is 0 Å². The number of aliphatic hydroxyl groups is 1. The molecule has 0 spiro atoms. The van der Waals surface area contributed by atoms with Crippen LogP contribution < -0.4 is 14.2 Å². The minimum Gasteiger partial charge on any atom is -0.507 e. The molecule has 1 aliphatic heterocycles. The maximum Gasteiger partial charge on any atom is 0.295 e. The molecule has 1 aliphatic rings. The molecule has 37 heavy (non-hydrogen) atoms. The van der Waals surface area contributed by atoms with Gasteiger partial charge >= 0.3 is 0 Å². The van der Waals surface area contributed by atoms with Crippen molar-refractivity contribution in [3.63, 3.8) is 0 Å². The van der Waals surface area contributed by atoms with Crippen LogP contribution in [0.25, 0.3) is 5.76 Å². The molecule has 1 saturated heterocycles. The molecule has 0 bridgehead atoms. The smallest absolute Gasteiger partial charge is 0.295 e. The first-order chi connectivity index (χ1) is 17.8. The molecule has 3 rings (SSSR count). The fourth-order valence-corrected chi connectivity index (χ4v) is 4.34. The molecular weight excluding hydrogens is 472 g/mol. The van der Waals surface area contributed by atoms with Crippen molar-refractivity contribution in [3.05, 3.63) is 59.2 Å². The van der Waals surface area contributed by atoms with Gasteiger partial charge in [0, 0.05) is 12.1 Å². The Morgan fingerprint density at radius 3 is 2.24 bits per heavy atom. The number of likely N-dealkylation sites (tertiary alicyclic amines) is 1. The molecule has 0 aromatic heterocycles. The van der Waals surface area contributed by atoms with Gasteiger partial charge in [-0.05, 0) is 89.3 Å². The van der Waals surface area contributed by atoms with Crippen molar-refractivity contribution in [2.24, 2.45) is 0 Å². The van der Waals surface area contributed by atoms with Crippen LogP contribution in [0.3, 0.4) is 0 Å². The van der Waals surface area contributed by atoms with Crippen molar-refractivity contribution in [1.82, 2.24) is 9.80 Å². The van der Waals surface area contributed by atoms with Gasteiger partial charge in [0.25, 0.3) is 11.7 Å². The average Bonchev–Trinajstić information content (AvgIpc) is 3.13. The van der Waals surface area contributed by atoms with E-state index in [9.17, 15) is 14.7 Å². The van der Waals surface area contributed by atoms with E-state index < -0.39 is 17.7 Å². The largest absolute Gasteiger partial charge is 0.507 e. The van der Waals surface area contributed by atoms with Crippen LogP contribution in [0.2, 0.25) is 0 Å². The average molecular weight is 511 g/mol. The van der Waals surface area contributed by atoms with Gasteiger partial charge in [-0.2, -0.15) is 0 Å². The van der Waals surface area contributed by atoms with Crippen LogP contribution >= 0.6 is 0 Å². The molecule has 0 saturated carbocycles. The predicted octanol–water partition coefficient (Wildman–Crippen LogP) is 4.65. The molecule has 1 unspecified atom stereocenters. The lowest BCUT2D eigenvalue weighted by atomic mass is 9.95. The Kier molecular flexibility index (Phi) is 9.97. The van der Waals surface area contributed by atoms with Gasteiger partial charge in [-0.15, -0.1) is 0 Å². The zero-order valence-corrected chi connectivity index (χ0v) is 22.5. The lowest BCUT2D eigenvalue weighted by molar-refractivity contribution is -0.139. The number of benzene rings is 2. The van der Waals surface area contributed by atoms with E-state index in [1.807, 2.05) is 45.8 Å². The van der Waals surface area contributed by atoms with Crippen LogP contribution in [0.5, 0.6) is 17.2 Å². The second-order valence-electron chi connectivity index (χ2n) is 9.09. The highest BCUT2D eigenvalue weighted by Gasteiger charge is 2.46. The van der Waals surface area contributed by atoms with Crippen LogP contribution in [0.1, 0.15) is 50.8 Å². The number of Topliss-reactive ketones (excluding diaryl/α,β-unsaturated/α-hetero) is 1. The standard InChI is InChI=1S/C29H38N2O6/c1-6-18-37-22-13-10-20(11-14-22)27(32)25-26(31(29(34)28(25)33)17-9-16-30(4)5)21-12-15-23(35-7-2)24(19-21)36-8-3/h10-15,19,26,32H,6-9,16-18H2,1-5H3. The number of hydrogen-bond acceptors (Lipinski definition) is 7. The Labute approximate surface area is 219 Å². The zero-order valence-electron chi connectivity index (χ0n) is 22.5. The fourth-order valence-electron chi connectivity index (χ4n) is 4.34. The molecule has 200 valence electrons. The molecule has 0 radical (unpaired) electrons. The normalized spacial score (nSPS) is 16.9. The van der Waals surface area contributed by atoms with Gasteiger partial charge in [0.15, 0.2) is 11.5 Å². The molecule has 1 N–H and O–H groups in total. The van der Waals surface area contributed by atoms with E-state index in [0.717, 1.165) is 13.0 Å². The number of aliphatic hydroxyl groups excluding tert-OH is 1. The van der Waals surface area contributed by atoms with Gasteiger partial charge in [0.05, 0.1) is 31.4 Å². The summed E-state index contributed by atoms with van der Waals surface area (Å²) in [6.07, 6.45) is 1.56. The summed E-state index contributed by atoms with van der Waals surface area (Å²) in [5.74, 6) is 0.239. The number of carbonyl (C=O) groups excluding carboxylic acids is 2. The zero-order chi connectivity index (χ0) is 26.9. The summed E-state index contributed by atoms with van der Waals surface area (Å²) in [5.41, 5.74) is 1.17. The van der Waals surface area contributed by atoms with Crippen molar-refractivity contribution < 1.29 is 28.9 Å². The third-order valence-electron chi connectivity index (χ3n) is 6.03. The van der Waals surface area contributed by atoms with Crippen LogP contribution in [-0.2, 0) is 9.59 Å². The van der Waals surface area contributed by atoms with E-state index >= 15 is 0 Å². The second kappa shape index (κ2) is 13.1. The maximum absolute atomic E-state index is 13.3. The molecule has 2 aromatic rings. The van der Waals surface area contributed by atoms with Crippen LogP contribution in [0.4, 0.5) is 0 Å². The number of ether oxygens (including phenoxy) is 3. The van der Waals surface area contributed by atoms with Crippen molar-refractivity contribution in [2.45, 2.75) is 39.7 Å². The molecule has 8 heteroatoms. The summed E-state index contributed by atoms with van der Waals surface area (Å²) in [7, 11) is 3.92. The number of hydrogen-bond donors (Lipinski definition) is 1. The quantitative estimate of drug-likeness (QED) is 0.238. The van der Waals surface area contributed by atoms with Gasteiger partial charge in [-0.1, -0.05) is 13.0 Å². The highest BCUT2D eigenvalue weighted by molar-refractivity contribution is 6.46. The van der Waals surface area contributed by atoms with E-state index in [1.165, 1.54) is 0 Å². The number of amides is 1. The number of nitrogens with zero attached hydrogens (tertiary/aromatic N) is 2. The highest BCUT2D eigenvalue weighted by Crippen LogP contribution is 2.42. The lowest BCUT2D eigenvalue weighted by Gasteiger charge is -2.26. The summed E-state index contributed by atoms with van der Waals surface area (Å²) >= 11 is 0. The molecule has 1 fully saturated rings. The topological polar surface area (TPSA) is 88.5 Å². The van der Waals surface area contributed by atoms with Crippen LogP contribution in [0.15, 0.2) is 48.0 Å². The predicted molar refractivity (Wildman–Crippen MR) is 143 cm³/mol. The Morgan fingerprint density at radius 2 is 1.62 bits per heavy atom. The Balaban J connectivity index is 2.09. The number of ketones is 1. The van der Waals surface area contributed by atoms with E-state index in [-0.39, 0.29) is 11.3 Å². The Hall–Kier alpha value is -3.52. The minimum atomic E-state index is -0.756. The van der Waals surface area contributed by atoms with Crippen LogP contribution in [0, 0.1) is 0 Å². The first-order valence-electron chi connectivity index (χ1n) is 12.9. The van der Waals surface area contributed by atoms with E-state index in [2.05, 4.69) is 0 Å².